The summed E-state index contributed by atoms with van der Waals surface area (Å²) in [5.41, 5.74) is 1.62. The van der Waals surface area contributed by atoms with Crippen LogP contribution in [0.25, 0.3) is 0 Å². The molecule has 3 aromatic rings. The fourth-order valence-corrected chi connectivity index (χ4v) is 4.75. The Hall–Kier alpha value is -2.44. The Morgan fingerprint density at radius 2 is 1.61 bits per heavy atom. The second-order valence-corrected chi connectivity index (χ2v) is 9.46. The number of nitrogens with one attached hydrogen (secondary N) is 1. The van der Waals surface area contributed by atoms with Gasteiger partial charge in [-0.3, -0.25) is 4.72 Å². The van der Waals surface area contributed by atoms with Crippen molar-refractivity contribution in [1.82, 2.24) is 0 Å². The van der Waals surface area contributed by atoms with Crippen LogP contribution in [0.15, 0.2) is 87.5 Å². The van der Waals surface area contributed by atoms with E-state index in [1.165, 1.54) is 11.8 Å². The van der Waals surface area contributed by atoms with Crippen LogP contribution in [0.2, 0.25) is 0 Å². The van der Waals surface area contributed by atoms with Crippen molar-refractivity contribution in [2.24, 2.45) is 0 Å². The van der Waals surface area contributed by atoms with Crippen LogP contribution in [-0.4, -0.2) is 14.5 Å². The van der Waals surface area contributed by atoms with Crippen molar-refractivity contribution < 1.29 is 13.2 Å². The molecule has 0 radical (unpaired) electrons. The van der Waals surface area contributed by atoms with Crippen molar-refractivity contribution in [1.29, 1.82) is 0 Å². The molecule has 28 heavy (non-hydrogen) atoms. The van der Waals surface area contributed by atoms with Crippen LogP contribution >= 0.6 is 11.8 Å². The third-order valence-corrected chi connectivity index (χ3v) is 6.31. The van der Waals surface area contributed by atoms with Gasteiger partial charge in [-0.05, 0) is 74.9 Å². The van der Waals surface area contributed by atoms with E-state index in [4.69, 9.17) is 4.74 Å². The smallest absolute Gasteiger partial charge is 0.261 e. The number of benzene rings is 3. The molecule has 0 aromatic heterocycles. The molecule has 0 bridgehead atoms. The average Bonchev–Trinajstić information content (AvgIpc) is 2.65. The van der Waals surface area contributed by atoms with E-state index in [2.05, 4.69) is 4.72 Å². The monoisotopic (exact) mass is 413 g/mol. The van der Waals surface area contributed by atoms with Crippen LogP contribution in [0.4, 0.5) is 5.69 Å². The van der Waals surface area contributed by atoms with Crippen LogP contribution in [0, 0.1) is 6.92 Å². The Balaban J connectivity index is 1.86. The van der Waals surface area contributed by atoms with Crippen LogP contribution in [0.3, 0.4) is 0 Å². The van der Waals surface area contributed by atoms with E-state index in [-0.39, 0.29) is 11.0 Å². The van der Waals surface area contributed by atoms with Crippen LogP contribution < -0.4 is 9.46 Å². The van der Waals surface area contributed by atoms with Crippen molar-refractivity contribution in [2.45, 2.75) is 41.6 Å². The molecular formula is C22H23NO3S2. The van der Waals surface area contributed by atoms with Gasteiger partial charge in [0.05, 0.1) is 16.7 Å². The second kappa shape index (κ2) is 8.71. The summed E-state index contributed by atoms with van der Waals surface area (Å²) < 4.78 is 34.0. The number of hydrogen-bond donors (Lipinski definition) is 1. The van der Waals surface area contributed by atoms with E-state index in [0.717, 1.165) is 15.4 Å². The number of sulfonamides is 1. The topological polar surface area (TPSA) is 55.4 Å². The largest absolute Gasteiger partial charge is 0.491 e. The molecular weight excluding hydrogens is 390 g/mol. The molecule has 0 fully saturated rings. The fraction of sp³-hybridized carbons (Fsp3) is 0.182. The lowest BCUT2D eigenvalue weighted by molar-refractivity contribution is 0.242. The molecule has 6 heteroatoms. The maximum atomic E-state index is 12.9. The van der Waals surface area contributed by atoms with Crippen molar-refractivity contribution >= 4 is 27.5 Å². The Labute approximate surface area is 171 Å². The zero-order chi connectivity index (χ0) is 20.1. The first-order chi connectivity index (χ1) is 13.3. The van der Waals surface area contributed by atoms with Gasteiger partial charge in [-0.2, -0.15) is 0 Å². The van der Waals surface area contributed by atoms with Crippen molar-refractivity contribution in [3.8, 4) is 5.75 Å². The standard InChI is InChI=1S/C22H23NO3S2/c1-16(2)26-18-10-12-20(13-11-18)28(24,25)23-21-14-9-17(3)15-22(21)27-19-7-5-4-6-8-19/h4-16,23H,1-3H3. The summed E-state index contributed by atoms with van der Waals surface area (Å²) in [5, 5.41) is 0. The minimum atomic E-state index is -3.71. The summed E-state index contributed by atoms with van der Waals surface area (Å²) in [4.78, 5) is 2.10. The zero-order valence-corrected chi connectivity index (χ0v) is 17.7. The van der Waals surface area contributed by atoms with E-state index < -0.39 is 10.0 Å². The number of aryl methyl sites for hydroxylation is 1. The number of ether oxygens (including phenoxy) is 1. The Morgan fingerprint density at radius 1 is 0.929 bits per heavy atom. The first kappa shape index (κ1) is 20.3. The summed E-state index contributed by atoms with van der Waals surface area (Å²) in [6.45, 7) is 5.84. The fourth-order valence-electron chi connectivity index (χ4n) is 2.59. The van der Waals surface area contributed by atoms with Gasteiger partial charge in [0.1, 0.15) is 5.75 Å². The Morgan fingerprint density at radius 3 is 2.25 bits per heavy atom. The summed E-state index contributed by atoms with van der Waals surface area (Å²) >= 11 is 1.53. The van der Waals surface area contributed by atoms with Gasteiger partial charge >= 0.3 is 0 Å². The van der Waals surface area contributed by atoms with Gasteiger partial charge in [0.25, 0.3) is 10.0 Å². The van der Waals surface area contributed by atoms with Crippen molar-refractivity contribution in [3.63, 3.8) is 0 Å². The molecule has 146 valence electrons. The molecule has 4 nitrogen and oxygen atoms in total. The van der Waals surface area contributed by atoms with Gasteiger partial charge in [0, 0.05) is 9.79 Å². The van der Waals surface area contributed by atoms with Gasteiger partial charge in [-0.1, -0.05) is 36.0 Å². The third-order valence-electron chi connectivity index (χ3n) is 3.86. The molecule has 0 atom stereocenters. The quantitative estimate of drug-likeness (QED) is 0.537. The minimum absolute atomic E-state index is 0.0331. The van der Waals surface area contributed by atoms with Crippen LogP contribution in [-0.2, 0) is 10.0 Å². The number of anilines is 1. The SMILES string of the molecule is Cc1ccc(NS(=O)(=O)c2ccc(OC(C)C)cc2)c(Sc2ccccc2)c1. The summed E-state index contributed by atoms with van der Waals surface area (Å²) in [6.07, 6.45) is 0.0331. The summed E-state index contributed by atoms with van der Waals surface area (Å²) in [6, 6.07) is 22.0. The molecule has 0 aliphatic rings. The molecule has 3 aromatic carbocycles. The van der Waals surface area contributed by atoms with E-state index in [9.17, 15) is 8.42 Å². The van der Waals surface area contributed by atoms with Crippen LogP contribution in [0.5, 0.6) is 5.75 Å². The highest BCUT2D eigenvalue weighted by molar-refractivity contribution is 7.99. The first-order valence-corrected chi connectivity index (χ1v) is 11.3. The molecule has 0 amide bonds. The Bertz CT molecular complexity index is 1030. The third kappa shape index (κ3) is 5.30. The minimum Gasteiger partial charge on any atom is -0.491 e. The highest BCUT2D eigenvalue weighted by atomic mass is 32.2. The average molecular weight is 414 g/mol. The number of rotatable bonds is 7. The second-order valence-electron chi connectivity index (χ2n) is 6.66. The van der Waals surface area contributed by atoms with Gasteiger partial charge in [-0.25, -0.2) is 8.42 Å². The molecule has 0 unspecified atom stereocenters. The summed E-state index contributed by atoms with van der Waals surface area (Å²) in [7, 11) is -3.71. The van der Waals surface area contributed by atoms with Crippen molar-refractivity contribution in [3.05, 3.63) is 78.4 Å². The Kier molecular flexibility index (Phi) is 6.31. The molecule has 1 N–H and O–H groups in total. The molecule has 3 rings (SSSR count). The van der Waals surface area contributed by atoms with Crippen LogP contribution in [0.1, 0.15) is 19.4 Å². The maximum Gasteiger partial charge on any atom is 0.261 e. The van der Waals surface area contributed by atoms with Gasteiger partial charge < -0.3 is 4.74 Å². The molecule has 0 saturated heterocycles. The predicted molar refractivity (Wildman–Crippen MR) is 115 cm³/mol. The predicted octanol–water partition coefficient (Wildman–Crippen LogP) is 5.73. The summed E-state index contributed by atoms with van der Waals surface area (Å²) in [5.74, 6) is 0.643. The van der Waals surface area contributed by atoms with Gasteiger partial charge in [-0.15, -0.1) is 0 Å². The molecule has 0 aliphatic carbocycles. The lowest BCUT2D eigenvalue weighted by atomic mass is 10.2. The molecule has 0 heterocycles. The highest BCUT2D eigenvalue weighted by Crippen LogP contribution is 2.35. The molecule has 0 saturated carbocycles. The lowest BCUT2D eigenvalue weighted by Crippen LogP contribution is -2.14. The first-order valence-electron chi connectivity index (χ1n) is 8.96. The van der Waals surface area contributed by atoms with E-state index in [1.807, 2.05) is 63.2 Å². The van der Waals surface area contributed by atoms with Gasteiger partial charge in [0.2, 0.25) is 0 Å². The van der Waals surface area contributed by atoms with E-state index >= 15 is 0 Å². The maximum absolute atomic E-state index is 12.9. The van der Waals surface area contributed by atoms with Gasteiger partial charge in [0.15, 0.2) is 0 Å². The number of hydrogen-bond acceptors (Lipinski definition) is 4. The molecule has 0 spiro atoms. The van der Waals surface area contributed by atoms with Crippen molar-refractivity contribution in [2.75, 3.05) is 4.72 Å². The highest BCUT2D eigenvalue weighted by Gasteiger charge is 2.17. The normalized spacial score (nSPS) is 11.4. The van der Waals surface area contributed by atoms with E-state index in [0.29, 0.717) is 11.4 Å². The zero-order valence-electron chi connectivity index (χ0n) is 16.0. The molecule has 0 aliphatic heterocycles. The van der Waals surface area contributed by atoms with E-state index in [1.54, 1.807) is 30.3 Å². The lowest BCUT2D eigenvalue weighted by Gasteiger charge is -2.14.